The molecule has 0 heterocycles. The summed E-state index contributed by atoms with van der Waals surface area (Å²) < 4.78 is 12.3. The number of hydrogen-bond donors (Lipinski definition) is 2. The minimum Gasteiger partial charge on any atom is -0.481 e. The zero-order chi connectivity index (χ0) is 37.5. The predicted octanol–water partition coefficient (Wildman–Crippen LogP) is 9.10. The van der Waals surface area contributed by atoms with Crippen molar-refractivity contribution in [3.8, 4) is 0 Å². The van der Waals surface area contributed by atoms with Crippen LogP contribution in [0.2, 0.25) is 0 Å². The van der Waals surface area contributed by atoms with Gasteiger partial charge in [0.1, 0.15) is 6.10 Å². The fourth-order valence-electron chi connectivity index (χ4n) is 13.2. The van der Waals surface area contributed by atoms with Crippen LogP contribution in [0, 0.1) is 67.5 Å². The average Bonchev–Trinajstić information content (AvgIpc) is 3.37. The molecule has 0 unspecified atom stereocenters. The number of hydrogen-bond acceptors (Lipinski definition) is 6. The van der Waals surface area contributed by atoms with Crippen molar-refractivity contribution < 1.29 is 38.9 Å². The number of carboxylic acids is 2. The lowest BCUT2D eigenvalue weighted by Crippen LogP contribution is -2.67. The molecule has 0 aromatic carbocycles. The van der Waals surface area contributed by atoms with Crippen molar-refractivity contribution in [2.45, 2.75) is 152 Å². The molecular weight excluding hydrogens is 632 g/mol. The molecule has 5 rings (SSSR count). The van der Waals surface area contributed by atoms with E-state index in [2.05, 4.69) is 48.1 Å². The highest BCUT2D eigenvalue weighted by Gasteiger charge is 2.71. The predicted molar refractivity (Wildman–Crippen MR) is 192 cm³/mol. The fraction of sp³-hybridized carbons (Fsp3) is 0.857. The van der Waals surface area contributed by atoms with Crippen LogP contribution in [0.15, 0.2) is 12.2 Å². The lowest BCUT2D eigenvalue weighted by Gasteiger charge is -2.73. The fourth-order valence-corrected chi connectivity index (χ4v) is 13.2. The van der Waals surface area contributed by atoms with Crippen LogP contribution in [-0.2, 0) is 28.7 Å². The molecule has 0 saturated heterocycles. The first kappa shape index (κ1) is 38.8. The summed E-state index contributed by atoms with van der Waals surface area (Å²) in [5, 5.41) is 19.0. The van der Waals surface area contributed by atoms with Gasteiger partial charge in [-0.15, -0.1) is 0 Å². The summed E-state index contributed by atoms with van der Waals surface area (Å²) in [6.07, 6.45) is 9.79. The maximum atomic E-state index is 13.3. The molecule has 0 aliphatic heterocycles. The maximum Gasteiger partial charge on any atom is 0.312 e. The summed E-state index contributed by atoms with van der Waals surface area (Å²) in [6.45, 7) is 25.7. The summed E-state index contributed by atoms with van der Waals surface area (Å²) in [7, 11) is 0. The number of carbonyl (C=O) groups excluding carboxylic acids is 2. The van der Waals surface area contributed by atoms with E-state index in [9.17, 15) is 29.4 Å². The molecule has 50 heavy (non-hydrogen) atoms. The first-order chi connectivity index (χ1) is 22.9. The van der Waals surface area contributed by atoms with Crippen molar-refractivity contribution in [3.05, 3.63) is 12.2 Å². The monoisotopic (exact) mass is 698 g/mol. The van der Waals surface area contributed by atoms with Crippen LogP contribution in [0.3, 0.4) is 0 Å². The van der Waals surface area contributed by atoms with Gasteiger partial charge in [0.15, 0.2) is 0 Å². The first-order valence-corrected chi connectivity index (χ1v) is 19.4. The summed E-state index contributed by atoms with van der Waals surface area (Å²) in [4.78, 5) is 49.5. The number of allylic oxidation sites excluding steroid dienone is 1. The van der Waals surface area contributed by atoms with E-state index < -0.39 is 34.7 Å². The minimum atomic E-state index is -1.16. The highest BCUT2D eigenvalue weighted by Crippen LogP contribution is 2.77. The van der Waals surface area contributed by atoms with Crippen molar-refractivity contribution in [1.29, 1.82) is 0 Å². The Balaban J connectivity index is 1.39. The van der Waals surface area contributed by atoms with Crippen LogP contribution >= 0.6 is 0 Å². The van der Waals surface area contributed by atoms with Crippen LogP contribution in [0.25, 0.3) is 0 Å². The highest BCUT2D eigenvalue weighted by atomic mass is 16.5. The number of rotatable bonds is 10. The first-order valence-electron chi connectivity index (χ1n) is 19.4. The average molecular weight is 699 g/mol. The normalized spacial score (nSPS) is 40.7. The molecule has 5 aliphatic rings. The van der Waals surface area contributed by atoms with Gasteiger partial charge >= 0.3 is 23.9 Å². The molecule has 10 atom stereocenters. The maximum absolute atomic E-state index is 13.3. The van der Waals surface area contributed by atoms with Crippen molar-refractivity contribution in [3.63, 3.8) is 0 Å². The second-order valence-electron chi connectivity index (χ2n) is 20.3. The zero-order valence-electron chi connectivity index (χ0n) is 32.7. The molecule has 5 fully saturated rings. The molecule has 5 aliphatic carbocycles. The summed E-state index contributed by atoms with van der Waals surface area (Å²) in [5.41, 5.74) is -1.03. The van der Waals surface area contributed by atoms with E-state index in [0.29, 0.717) is 36.2 Å². The van der Waals surface area contributed by atoms with Crippen molar-refractivity contribution >= 4 is 23.9 Å². The van der Waals surface area contributed by atoms with E-state index in [1.165, 1.54) is 5.57 Å². The van der Waals surface area contributed by atoms with Crippen LogP contribution in [-0.4, -0.2) is 46.8 Å². The number of carboxylic acid groups (broad SMARTS) is 2. The molecule has 0 bridgehead atoms. The molecule has 0 spiro atoms. The van der Waals surface area contributed by atoms with Gasteiger partial charge in [0, 0.05) is 10.8 Å². The van der Waals surface area contributed by atoms with Gasteiger partial charge in [0.05, 0.1) is 30.3 Å². The molecular formula is C42H66O8. The second kappa shape index (κ2) is 12.6. The van der Waals surface area contributed by atoms with Gasteiger partial charge < -0.3 is 19.7 Å². The lowest BCUT2D eigenvalue weighted by atomic mass is 9.32. The molecule has 5 saturated carbocycles. The topological polar surface area (TPSA) is 127 Å². The van der Waals surface area contributed by atoms with Gasteiger partial charge in [-0.05, 0) is 145 Å². The number of carbonyl (C=O) groups is 4. The SMILES string of the molecule is C=C(C)[C@@H]1CC[C@]2(COC(=O)C(C)(C)CC(=O)O)CC[C@]3(C)[C@H](CC[C@@H]4[C@@]5(C)CC[C@H](OC(=O)CC(C)(C)C(=O)O)C(C)(C)[C@@H]5CC[C@]43C)[C@@H]12. The van der Waals surface area contributed by atoms with E-state index in [1.54, 1.807) is 27.7 Å². The van der Waals surface area contributed by atoms with E-state index >= 15 is 0 Å². The van der Waals surface area contributed by atoms with E-state index in [0.717, 1.165) is 64.2 Å². The molecule has 282 valence electrons. The Bertz CT molecular complexity index is 1410. The van der Waals surface area contributed by atoms with Crippen molar-refractivity contribution in [2.24, 2.45) is 67.5 Å². The summed E-state index contributed by atoms with van der Waals surface area (Å²) >= 11 is 0. The second-order valence-corrected chi connectivity index (χ2v) is 20.3. The lowest BCUT2D eigenvalue weighted by molar-refractivity contribution is -0.252. The van der Waals surface area contributed by atoms with Gasteiger partial charge in [0.25, 0.3) is 0 Å². The van der Waals surface area contributed by atoms with Crippen LogP contribution in [0.1, 0.15) is 146 Å². The smallest absolute Gasteiger partial charge is 0.312 e. The zero-order valence-corrected chi connectivity index (χ0v) is 32.7. The molecule has 2 N–H and O–H groups in total. The summed E-state index contributed by atoms with van der Waals surface area (Å²) in [5.74, 6) is -0.669. The largest absolute Gasteiger partial charge is 0.481 e. The van der Waals surface area contributed by atoms with Gasteiger partial charge in [-0.1, -0.05) is 46.8 Å². The Kier molecular flexibility index (Phi) is 9.82. The quantitative estimate of drug-likeness (QED) is 0.171. The Hall–Kier alpha value is -2.38. The Morgan fingerprint density at radius 2 is 1.42 bits per heavy atom. The summed E-state index contributed by atoms with van der Waals surface area (Å²) in [6, 6.07) is 0. The number of aliphatic carboxylic acids is 2. The molecule has 8 nitrogen and oxygen atoms in total. The van der Waals surface area contributed by atoms with Gasteiger partial charge in [-0.3, -0.25) is 19.2 Å². The Morgan fingerprint density at radius 1 is 0.760 bits per heavy atom. The van der Waals surface area contributed by atoms with Crippen molar-refractivity contribution in [1.82, 2.24) is 0 Å². The Morgan fingerprint density at radius 3 is 2.02 bits per heavy atom. The number of esters is 2. The molecule has 0 radical (unpaired) electrons. The molecule has 0 aromatic heterocycles. The third kappa shape index (κ3) is 6.04. The third-order valence-corrected chi connectivity index (χ3v) is 16.3. The van der Waals surface area contributed by atoms with Crippen molar-refractivity contribution in [2.75, 3.05) is 6.61 Å². The van der Waals surface area contributed by atoms with Crippen LogP contribution < -0.4 is 0 Å². The molecule has 0 aromatic rings. The third-order valence-electron chi connectivity index (χ3n) is 16.3. The standard InChI is InChI=1S/C42H66O8/c1-25(2)26-14-19-42(24-49-35(48)37(5,6)22-31(43)44)21-20-40(10)27(33(26)42)12-13-29-39(9)17-16-30(50-32(45)23-36(3,4)34(46)47)38(7,8)28(39)15-18-41(29,40)11/h26-30,33H,1,12-24H2,2-11H3,(H,43,44)(H,46,47)/t26-,27+,28-,29+,30-,33+,39-,40+,41+,42+/m0/s1. The van der Waals surface area contributed by atoms with Gasteiger partial charge in [-0.25, -0.2) is 0 Å². The molecule has 8 heteroatoms. The van der Waals surface area contributed by atoms with Crippen LogP contribution in [0.4, 0.5) is 0 Å². The number of fused-ring (bicyclic) bond motifs is 7. The van der Waals surface area contributed by atoms with Crippen LogP contribution in [0.5, 0.6) is 0 Å². The van der Waals surface area contributed by atoms with Gasteiger partial charge in [0.2, 0.25) is 0 Å². The minimum absolute atomic E-state index is 0.0942. The highest BCUT2D eigenvalue weighted by molar-refractivity contribution is 5.82. The van der Waals surface area contributed by atoms with E-state index in [-0.39, 0.29) is 46.0 Å². The van der Waals surface area contributed by atoms with E-state index in [4.69, 9.17) is 9.47 Å². The van der Waals surface area contributed by atoms with E-state index in [1.807, 2.05) is 0 Å². The van der Waals surface area contributed by atoms with Gasteiger partial charge in [-0.2, -0.15) is 0 Å². The Labute approximate surface area is 300 Å². The molecule has 0 amide bonds. The number of ether oxygens (including phenoxy) is 2.